The Morgan fingerprint density at radius 1 is 1.28 bits per heavy atom. The molecule has 0 amide bonds. The second-order valence-electron chi connectivity index (χ2n) is 7.50. The summed E-state index contributed by atoms with van der Waals surface area (Å²) in [6.07, 6.45) is 8.44. The molecule has 1 aromatic rings. The summed E-state index contributed by atoms with van der Waals surface area (Å²) < 4.78 is 5.13. The lowest BCUT2D eigenvalue weighted by molar-refractivity contribution is 0.235. The zero-order valence-electron chi connectivity index (χ0n) is 16.1. The van der Waals surface area contributed by atoms with E-state index in [-0.39, 0.29) is 24.0 Å². The Morgan fingerprint density at radius 3 is 2.56 bits per heavy atom. The van der Waals surface area contributed by atoms with Crippen LogP contribution in [0.4, 0.5) is 0 Å². The lowest BCUT2D eigenvalue weighted by atomic mass is 9.78. The van der Waals surface area contributed by atoms with Crippen LogP contribution < -0.4 is 10.6 Å². The molecule has 0 aromatic carbocycles. The number of aliphatic imine (C=N–C) groups is 1. The first kappa shape index (κ1) is 22.2. The van der Waals surface area contributed by atoms with Gasteiger partial charge >= 0.3 is 0 Å². The molecule has 1 saturated carbocycles. The third-order valence-electron chi connectivity index (χ3n) is 4.79. The van der Waals surface area contributed by atoms with Crippen LogP contribution in [0.15, 0.2) is 9.52 Å². The molecule has 1 aliphatic carbocycles. The third kappa shape index (κ3) is 7.50. The molecule has 1 fully saturated rings. The Morgan fingerprint density at radius 2 is 2.00 bits per heavy atom. The fourth-order valence-electron chi connectivity index (χ4n) is 3.82. The van der Waals surface area contributed by atoms with Gasteiger partial charge in [-0.2, -0.15) is 4.98 Å². The molecule has 0 radical (unpaired) electrons. The van der Waals surface area contributed by atoms with E-state index in [1.165, 1.54) is 32.1 Å². The molecule has 0 bridgehead atoms. The smallest absolute Gasteiger partial charge is 0.226 e. The van der Waals surface area contributed by atoms with E-state index < -0.39 is 0 Å². The summed E-state index contributed by atoms with van der Waals surface area (Å²) in [5, 5.41) is 10.7. The Bertz CT molecular complexity index is 523. The van der Waals surface area contributed by atoms with Crippen LogP contribution in [-0.4, -0.2) is 36.2 Å². The highest BCUT2D eigenvalue weighted by molar-refractivity contribution is 14.0. The van der Waals surface area contributed by atoms with Crippen LogP contribution >= 0.6 is 24.0 Å². The van der Waals surface area contributed by atoms with Gasteiger partial charge in [0.1, 0.15) is 0 Å². The molecule has 0 atom stereocenters. The van der Waals surface area contributed by atoms with Crippen LogP contribution in [0.25, 0.3) is 0 Å². The molecule has 2 rings (SSSR count). The van der Waals surface area contributed by atoms with Gasteiger partial charge in [0.15, 0.2) is 11.8 Å². The normalized spacial score (nSPS) is 16.8. The first-order valence-corrected chi connectivity index (χ1v) is 9.27. The van der Waals surface area contributed by atoms with Crippen LogP contribution in [0.5, 0.6) is 0 Å². The van der Waals surface area contributed by atoms with Gasteiger partial charge in [0.05, 0.1) is 0 Å². The molecule has 1 aromatic heterocycles. The summed E-state index contributed by atoms with van der Waals surface area (Å²) in [4.78, 5) is 8.57. The van der Waals surface area contributed by atoms with Gasteiger partial charge in [-0.15, -0.1) is 24.0 Å². The summed E-state index contributed by atoms with van der Waals surface area (Å²) in [5.41, 5.74) is 0.451. The SMILES string of the molecule is CN=C(NCCCc1nc(C)no1)NCC1(CC(C)C)CCCC1.I. The summed E-state index contributed by atoms with van der Waals surface area (Å²) in [7, 11) is 1.83. The standard InChI is InChI=1S/C18H33N5O.HI/c1-14(2)12-18(9-5-6-10-18)13-21-17(19-4)20-11-7-8-16-22-15(3)23-24-16;/h14H,5-13H2,1-4H3,(H2,19,20,21);1H. The highest BCUT2D eigenvalue weighted by Crippen LogP contribution is 2.42. The lowest BCUT2D eigenvalue weighted by Gasteiger charge is -2.31. The van der Waals surface area contributed by atoms with E-state index in [2.05, 4.69) is 39.6 Å². The van der Waals surface area contributed by atoms with Crippen molar-refractivity contribution in [1.29, 1.82) is 0 Å². The molecular weight excluding hydrogens is 429 g/mol. The first-order chi connectivity index (χ1) is 11.5. The number of hydrogen-bond donors (Lipinski definition) is 2. The summed E-state index contributed by atoms with van der Waals surface area (Å²) in [6, 6.07) is 0. The van der Waals surface area contributed by atoms with Crippen molar-refractivity contribution in [2.75, 3.05) is 20.1 Å². The van der Waals surface area contributed by atoms with E-state index in [4.69, 9.17) is 4.52 Å². The van der Waals surface area contributed by atoms with E-state index in [1.807, 2.05) is 14.0 Å². The number of halogens is 1. The molecule has 2 N–H and O–H groups in total. The highest BCUT2D eigenvalue weighted by Gasteiger charge is 2.34. The van der Waals surface area contributed by atoms with Gasteiger partial charge in [0.25, 0.3) is 0 Å². The van der Waals surface area contributed by atoms with Crippen molar-refractivity contribution in [3.05, 3.63) is 11.7 Å². The molecule has 25 heavy (non-hydrogen) atoms. The Labute approximate surface area is 169 Å². The summed E-state index contributed by atoms with van der Waals surface area (Å²) in [5.74, 6) is 3.05. The lowest BCUT2D eigenvalue weighted by Crippen LogP contribution is -2.43. The predicted octanol–water partition coefficient (Wildman–Crippen LogP) is 3.70. The minimum Gasteiger partial charge on any atom is -0.356 e. The van der Waals surface area contributed by atoms with Crippen molar-refractivity contribution in [3.8, 4) is 0 Å². The van der Waals surface area contributed by atoms with Gasteiger partial charge in [0, 0.05) is 26.6 Å². The predicted molar refractivity (Wildman–Crippen MR) is 112 cm³/mol. The molecule has 7 heteroatoms. The van der Waals surface area contributed by atoms with E-state index in [0.717, 1.165) is 37.8 Å². The van der Waals surface area contributed by atoms with Gasteiger partial charge in [-0.05, 0) is 43.9 Å². The molecular formula is C18H34IN5O. The largest absolute Gasteiger partial charge is 0.356 e. The average molecular weight is 463 g/mol. The van der Waals surface area contributed by atoms with Crippen molar-refractivity contribution >= 4 is 29.9 Å². The van der Waals surface area contributed by atoms with Gasteiger partial charge in [-0.3, -0.25) is 4.99 Å². The second kappa shape index (κ2) is 11.0. The highest BCUT2D eigenvalue weighted by atomic mass is 127. The quantitative estimate of drug-likeness (QED) is 0.266. The number of hydrogen-bond acceptors (Lipinski definition) is 4. The van der Waals surface area contributed by atoms with E-state index in [0.29, 0.717) is 17.1 Å². The number of nitrogens with one attached hydrogen (secondary N) is 2. The molecule has 0 aliphatic heterocycles. The summed E-state index contributed by atoms with van der Waals surface area (Å²) >= 11 is 0. The van der Waals surface area contributed by atoms with Crippen molar-refractivity contribution in [1.82, 2.24) is 20.8 Å². The molecule has 1 aliphatic rings. The Hall–Kier alpha value is -0.860. The average Bonchev–Trinajstić information content (AvgIpc) is 3.16. The van der Waals surface area contributed by atoms with Crippen LogP contribution in [0, 0.1) is 18.3 Å². The zero-order valence-corrected chi connectivity index (χ0v) is 18.4. The van der Waals surface area contributed by atoms with E-state index in [1.54, 1.807) is 0 Å². The van der Waals surface area contributed by atoms with Crippen molar-refractivity contribution < 1.29 is 4.52 Å². The Balaban J connectivity index is 0.00000312. The molecule has 0 spiro atoms. The number of aromatic nitrogens is 2. The van der Waals surface area contributed by atoms with Crippen LogP contribution in [0.2, 0.25) is 0 Å². The molecule has 144 valence electrons. The van der Waals surface area contributed by atoms with Crippen LogP contribution in [-0.2, 0) is 6.42 Å². The number of rotatable bonds is 8. The molecule has 0 unspecified atom stereocenters. The van der Waals surface area contributed by atoms with Crippen molar-refractivity contribution in [2.24, 2.45) is 16.3 Å². The maximum Gasteiger partial charge on any atom is 0.226 e. The summed E-state index contributed by atoms with van der Waals surface area (Å²) in [6.45, 7) is 8.36. The molecule has 6 nitrogen and oxygen atoms in total. The fraction of sp³-hybridized carbons (Fsp3) is 0.833. The number of nitrogens with zero attached hydrogens (tertiary/aromatic N) is 3. The molecule has 1 heterocycles. The van der Waals surface area contributed by atoms with E-state index >= 15 is 0 Å². The Kier molecular flexibility index (Phi) is 9.74. The maximum atomic E-state index is 5.13. The minimum absolute atomic E-state index is 0. The van der Waals surface area contributed by atoms with Gasteiger partial charge in [-0.25, -0.2) is 0 Å². The first-order valence-electron chi connectivity index (χ1n) is 9.27. The monoisotopic (exact) mass is 463 g/mol. The van der Waals surface area contributed by atoms with Gasteiger partial charge < -0.3 is 15.2 Å². The fourth-order valence-corrected chi connectivity index (χ4v) is 3.82. The second-order valence-corrected chi connectivity index (χ2v) is 7.50. The number of aryl methyl sites for hydroxylation is 2. The van der Waals surface area contributed by atoms with Gasteiger partial charge in [-0.1, -0.05) is 31.8 Å². The minimum atomic E-state index is 0. The van der Waals surface area contributed by atoms with Crippen LogP contribution in [0.1, 0.15) is 64.1 Å². The number of guanidine groups is 1. The van der Waals surface area contributed by atoms with E-state index in [9.17, 15) is 0 Å². The van der Waals surface area contributed by atoms with Gasteiger partial charge in [0.2, 0.25) is 5.89 Å². The maximum absolute atomic E-state index is 5.13. The third-order valence-corrected chi connectivity index (χ3v) is 4.79. The van der Waals surface area contributed by atoms with Crippen molar-refractivity contribution in [2.45, 2.75) is 65.7 Å². The van der Waals surface area contributed by atoms with Crippen molar-refractivity contribution in [3.63, 3.8) is 0 Å². The zero-order chi connectivity index (χ0) is 17.4. The van der Waals surface area contributed by atoms with Crippen LogP contribution in [0.3, 0.4) is 0 Å². The topological polar surface area (TPSA) is 75.3 Å². The molecule has 0 saturated heterocycles.